The van der Waals surface area contributed by atoms with E-state index in [1.807, 2.05) is 0 Å². The van der Waals surface area contributed by atoms with Crippen LogP contribution in [0.4, 0.5) is 0 Å². The van der Waals surface area contributed by atoms with Crippen LogP contribution in [0, 0.1) is 5.41 Å². The Balaban J connectivity index is 2.03. The highest BCUT2D eigenvalue weighted by Gasteiger charge is 2.37. The first-order valence-electron chi connectivity index (χ1n) is 6.41. The summed E-state index contributed by atoms with van der Waals surface area (Å²) in [6, 6.07) is 0.834. The molecule has 1 aliphatic heterocycles. The van der Waals surface area contributed by atoms with E-state index in [1.54, 1.807) is 21.3 Å². The fourth-order valence-electron chi connectivity index (χ4n) is 1.95. The highest BCUT2D eigenvalue weighted by Crippen LogP contribution is 2.26. The van der Waals surface area contributed by atoms with Crippen molar-refractivity contribution < 1.29 is 22.8 Å². The molecule has 0 radical (unpaired) electrons. The van der Waals surface area contributed by atoms with Gasteiger partial charge >= 0.3 is 8.80 Å². The monoisotopic (exact) mass is 278 g/mol. The van der Waals surface area contributed by atoms with Crippen molar-refractivity contribution in [1.29, 1.82) is 0 Å². The van der Waals surface area contributed by atoms with Gasteiger partial charge in [0.05, 0.1) is 19.8 Å². The molecule has 1 saturated heterocycles. The van der Waals surface area contributed by atoms with Gasteiger partial charge in [0.25, 0.3) is 0 Å². The van der Waals surface area contributed by atoms with Crippen LogP contribution in [0.2, 0.25) is 6.04 Å². The lowest BCUT2D eigenvalue weighted by Gasteiger charge is -2.37. The second-order valence-corrected chi connectivity index (χ2v) is 8.20. The molecule has 0 atom stereocenters. The molecule has 1 aliphatic rings. The first-order valence-corrected chi connectivity index (χ1v) is 8.34. The molecule has 0 saturated carbocycles. The van der Waals surface area contributed by atoms with Gasteiger partial charge < -0.3 is 22.8 Å². The molecule has 5 nitrogen and oxygen atoms in total. The summed E-state index contributed by atoms with van der Waals surface area (Å²) in [4.78, 5) is 0. The average Bonchev–Trinajstić information content (AvgIpc) is 2.37. The van der Waals surface area contributed by atoms with E-state index < -0.39 is 8.80 Å². The van der Waals surface area contributed by atoms with Gasteiger partial charge in [0, 0.05) is 39.4 Å². The van der Waals surface area contributed by atoms with Gasteiger partial charge in [0.1, 0.15) is 0 Å². The van der Waals surface area contributed by atoms with E-state index in [-0.39, 0.29) is 5.41 Å². The maximum atomic E-state index is 5.67. The molecule has 6 heteroatoms. The van der Waals surface area contributed by atoms with Gasteiger partial charge in [-0.25, -0.2) is 0 Å². The fourth-order valence-corrected chi connectivity index (χ4v) is 3.75. The summed E-state index contributed by atoms with van der Waals surface area (Å²) in [6.07, 6.45) is 2.00. The highest BCUT2D eigenvalue weighted by molar-refractivity contribution is 6.60. The quantitative estimate of drug-likeness (QED) is 0.449. The molecule has 0 spiro atoms. The van der Waals surface area contributed by atoms with E-state index in [4.69, 9.17) is 22.8 Å². The van der Waals surface area contributed by atoms with Crippen molar-refractivity contribution in [3.05, 3.63) is 0 Å². The fraction of sp³-hybridized carbons (Fsp3) is 1.00. The normalized spacial score (nSPS) is 18.7. The third-order valence-corrected chi connectivity index (χ3v) is 6.14. The van der Waals surface area contributed by atoms with Gasteiger partial charge in [-0.3, -0.25) is 0 Å². The zero-order valence-corrected chi connectivity index (χ0v) is 13.0. The van der Waals surface area contributed by atoms with E-state index >= 15 is 0 Å². The Hall–Kier alpha value is 0.0169. The summed E-state index contributed by atoms with van der Waals surface area (Å²) < 4.78 is 26.9. The molecule has 0 aromatic heterocycles. The standard InChI is InChI=1S/C12H26O5Si/c1-12(10-17-11-12)9-16-7-5-6-8-18(13-2,14-3)15-4/h5-11H2,1-4H3. The lowest BCUT2D eigenvalue weighted by atomic mass is 9.90. The van der Waals surface area contributed by atoms with E-state index in [2.05, 4.69) is 6.92 Å². The van der Waals surface area contributed by atoms with Crippen LogP contribution in [0.3, 0.4) is 0 Å². The molecule has 0 N–H and O–H groups in total. The van der Waals surface area contributed by atoms with Crippen LogP contribution in [0.5, 0.6) is 0 Å². The van der Waals surface area contributed by atoms with E-state index in [0.29, 0.717) is 0 Å². The first kappa shape index (κ1) is 16.1. The van der Waals surface area contributed by atoms with Crippen LogP contribution < -0.4 is 0 Å². The van der Waals surface area contributed by atoms with Crippen molar-refractivity contribution in [2.75, 3.05) is 47.8 Å². The molecule has 0 aliphatic carbocycles. The molecule has 1 fully saturated rings. The first-order chi connectivity index (χ1) is 8.60. The van der Waals surface area contributed by atoms with Gasteiger partial charge in [-0.05, 0) is 12.8 Å². The SMILES string of the molecule is CO[Si](CCCCOCC1(C)COC1)(OC)OC. The van der Waals surface area contributed by atoms with Gasteiger partial charge in [0.2, 0.25) is 0 Å². The lowest BCUT2D eigenvalue weighted by molar-refractivity contribution is -0.137. The average molecular weight is 278 g/mol. The van der Waals surface area contributed by atoms with Crippen molar-refractivity contribution in [3.63, 3.8) is 0 Å². The molecule has 0 bridgehead atoms. The van der Waals surface area contributed by atoms with Crippen molar-refractivity contribution in [3.8, 4) is 0 Å². The number of unbranched alkanes of at least 4 members (excludes halogenated alkanes) is 1. The molecule has 0 aromatic carbocycles. The summed E-state index contributed by atoms with van der Waals surface area (Å²) in [5, 5.41) is 0. The van der Waals surface area contributed by atoms with Crippen molar-refractivity contribution >= 4 is 8.80 Å². The van der Waals surface area contributed by atoms with Crippen LogP contribution in [0.25, 0.3) is 0 Å². The van der Waals surface area contributed by atoms with Crippen LogP contribution in [0.15, 0.2) is 0 Å². The van der Waals surface area contributed by atoms with Gasteiger partial charge in [-0.15, -0.1) is 0 Å². The van der Waals surface area contributed by atoms with Crippen LogP contribution in [0.1, 0.15) is 19.8 Å². The molecule has 0 amide bonds. The minimum atomic E-state index is -2.39. The Morgan fingerprint density at radius 1 is 1.06 bits per heavy atom. The Kier molecular flexibility index (Phi) is 6.76. The van der Waals surface area contributed by atoms with Crippen molar-refractivity contribution in [1.82, 2.24) is 0 Å². The summed E-state index contributed by atoms with van der Waals surface area (Å²) in [5.41, 5.74) is 0.240. The summed E-state index contributed by atoms with van der Waals surface area (Å²) in [5.74, 6) is 0. The Morgan fingerprint density at radius 3 is 2.11 bits per heavy atom. The molecule has 108 valence electrons. The second kappa shape index (κ2) is 7.57. The number of hydrogen-bond acceptors (Lipinski definition) is 5. The third kappa shape index (κ3) is 4.60. The van der Waals surface area contributed by atoms with Crippen LogP contribution in [-0.2, 0) is 22.8 Å². The van der Waals surface area contributed by atoms with Gasteiger partial charge in [-0.1, -0.05) is 6.92 Å². The Morgan fingerprint density at radius 2 is 1.67 bits per heavy atom. The molecule has 0 unspecified atom stereocenters. The third-order valence-electron chi connectivity index (χ3n) is 3.31. The predicted octanol–water partition coefficient (Wildman–Crippen LogP) is 1.70. The second-order valence-electron chi connectivity index (χ2n) is 5.11. The predicted molar refractivity (Wildman–Crippen MR) is 70.6 cm³/mol. The summed E-state index contributed by atoms with van der Waals surface area (Å²) in [6.45, 7) is 5.39. The van der Waals surface area contributed by atoms with E-state index in [9.17, 15) is 0 Å². The van der Waals surface area contributed by atoms with Crippen molar-refractivity contribution in [2.24, 2.45) is 5.41 Å². The highest BCUT2D eigenvalue weighted by atomic mass is 28.4. The molecular weight excluding hydrogens is 252 g/mol. The van der Waals surface area contributed by atoms with E-state index in [1.165, 1.54) is 0 Å². The lowest BCUT2D eigenvalue weighted by Crippen LogP contribution is -2.43. The van der Waals surface area contributed by atoms with Crippen LogP contribution in [-0.4, -0.2) is 56.6 Å². The zero-order valence-electron chi connectivity index (χ0n) is 12.0. The minimum Gasteiger partial charge on any atom is -0.381 e. The maximum absolute atomic E-state index is 5.67. The van der Waals surface area contributed by atoms with Gasteiger partial charge in [0.15, 0.2) is 0 Å². The largest absolute Gasteiger partial charge is 0.500 e. The molecule has 18 heavy (non-hydrogen) atoms. The summed E-state index contributed by atoms with van der Waals surface area (Å²) in [7, 11) is 2.55. The molecule has 0 aromatic rings. The minimum absolute atomic E-state index is 0.240. The Bertz CT molecular complexity index is 220. The van der Waals surface area contributed by atoms with E-state index in [0.717, 1.165) is 45.3 Å². The smallest absolute Gasteiger partial charge is 0.381 e. The molecule has 1 heterocycles. The maximum Gasteiger partial charge on any atom is 0.500 e. The zero-order chi connectivity index (χ0) is 13.5. The molecular formula is C12H26O5Si. The number of hydrogen-bond donors (Lipinski definition) is 0. The van der Waals surface area contributed by atoms with Crippen LogP contribution >= 0.6 is 0 Å². The molecule has 1 rings (SSSR count). The summed E-state index contributed by atoms with van der Waals surface area (Å²) >= 11 is 0. The number of rotatable bonds is 10. The van der Waals surface area contributed by atoms with Gasteiger partial charge in [-0.2, -0.15) is 0 Å². The topological polar surface area (TPSA) is 46.2 Å². The Labute approximate surface area is 111 Å². The number of ether oxygens (including phenoxy) is 2. The van der Waals surface area contributed by atoms with Crippen molar-refractivity contribution in [2.45, 2.75) is 25.8 Å².